The third-order valence-electron chi connectivity index (χ3n) is 2.70. The molecule has 0 bridgehead atoms. The average Bonchev–Trinajstić information content (AvgIpc) is 2.49. The molecule has 0 amide bonds. The monoisotopic (exact) mass is 328 g/mol. The Labute approximate surface area is 127 Å². The molecule has 0 aliphatic heterocycles. The highest BCUT2D eigenvalue weighted by Crippen LogP contribution is 2.38. The fourth-order valence-corrected chi connectivity index (χ4v) is 2.99. The summed E-state index contributed by atoms with van der Waals surface area (Å²) in [6.45, 7) is -0.248. The van der Waals surface area contributed by atoms with Gasteiger partial charge in [-0.3, -0.25) is 0 Å². The zero-order valence-corrected chi connectivity index (χ0v) is 12.7. The molecule has 0 heterocycles. The molecule has 1 N–H and O–H groups in total. The van der Waals surface area contributed by atoms with Crippen molar-refractivity contribution in [1.29, 1.82) is 0 Å². The summed E-state index contributed by atoms with van der Waals surface area (Å²) in [6.07, 6.45) is 0. The van der Waals surface area contributed by atoms with Crippen LogP contribution in [0.4, 0.5) is 0 Å². The van der Waals surface area contributed by atoms with Crippen molar-refractivity contribution >= 4 is 21.7 Å². The average molecular weight is 329 g/mol. The minimum absolute atomic E-state index is 0.00866. The van der Waals surface area contributed by atoms with Gasteiger partial charge in [-0.25, -0.2) is 0 Å². The van der Waals surface area contributed by atoms with Crippen LogP contribution in [0.3, 0.4) is 0 Å². The lowest BCUT2D eigenvalue weighted by Gasteiger charge is -2.13. The Morgan fingerprint density at radius 2 is 1.86 bits per heavy atom. The molecule has 0 aromatic heterocycles. The normalized spacial score (nSPS) is 11.2. The first kappa shape index (κ1) is 15.6. The standard InChI is InChI=1S/C14H13ClO5S/c1-19-13-8-10(9-16)7-12(15)14(13)20-21(17,18)11-5-3-2-4-6-11/h2-8,16H,9H2,1H3. The van der Waals surface area contributed by atoms with Crippen LogP contribution in [0.25, 0.3) is 0 Å². The van der Waals surface area contributed by atoms with Gasteiger partial charge in [-0.2, -0.15) is 8.42 Å². The van der Waals surface area contributed by atoms with E-state index < -0.39 is 10.1 Å². The largest absolute Gasteiger partial charge is 0.493 e. The molecule has 0 fully saturated rings. The summed E-state index contributed by atoms with van der Waals surface area (Å²) in [5.41, 5.74) is 0.487. The van der Waals surface area contributed by atoms with Gasteiger partial charge in [-0.15, -0.1) is 0 Å². The van der Waals surface area contributed by atoms with E-state index in [0.717, 1.165) is 0 Å². The number of hydrogen-bond donors (Lipinski definition) is 1. The van der Waals surface area contributed by atoms with Crippen LogP contribution in [-0.4, -0.2) is 20.6 Å². The van der Waals surface area contributed by atoms with E-state index in [1.165, 1.54) is 31.4 Å². The van der Waals surface area contributed by atoms with E-state index in [-0.39, 0.29) is 28.0 Å². The number of methoxy groups -OCH3 is 1. The molecule has 0 saturated carbocycles. The second kappa shape index (κ2) is 6.34. The molecule has 0 atom stereocenters. The number of halogens is 1. The van der Waals surface area contributed by atoms with Crippen LogP contribution < -0.4 is 8.92 Å². The van der Waals surface area contributed by atoms with Gasteiger partial charge in [0.15, 0.2) is 5.75 Å². The van der Waals surface area contributed by atoms with Gasteiger partial charge in [0.1, 0.15) is 4.90 Å². The van der Waals surface area contributed by atoms with Gasteiger partial charge < -0.3 is 14.0 Å². The quantitative estimate of drug-likeness (QED) is 0.854. The Hall–Kier alpha value is -1.76. The summed E-state index contributed by atoms with van der Waals surface area (Å²) in [5, 5.41) is 9.15. The molecule has 2 rings (SSSR count). The van der Waals surface area contributed by atoms with Gasteiger partial charge in [0.2, 0.25) is 5.75 Å². The summed E-state index contributed by atoms with van der Waals surface area (Å²) in [6, 6.07) is 10.6. The maximum atomic E-state index is 12.2. The smallest absolute Gasteiger partial charge is 0.339 e. The van der Waals surface area contributed by atoms with Crippen molar-refractivity contribution in [3.8, 4) is 11.5 Å². The molecule has 0 spiro atoms. The molecular weight excluding hydrogens is 316 g/mol. The van der Waals surface area contributed by atoms with Gasteiger partial charge >= 0.3 is 10.1 Å². The van der Waals surface area contributed by atoms with E-state index in [0.29, 0.717) is 5.56 Å². The number of hydrogen-bond acceptors (Lipinski definition) is 5. The summed E-state index contributed by atoms with van der Waals surface area (Å²) < 4.78 is 34.5. The molecule has 2 aromatic rings. The van der Waals surface area contributed by atoms with Crippen LogP contribution in [0, 0.1) is 0 Å². The van der Waals surface area contributed by atoms with E-state index in [1.807, 2.05) is 0 Å². The number of aliphatic hydroxyl groups excluding tert-OH is 1. The number of rotatable bonds is 5. The van der Waals surface area contributed by atoms with Crippen molar-refractivity contribution in [2.24, 2.45) is 0 Å². The van der Waals surface area contributed by atoms with E-state index in [1.54, 1.807) is 18.2 Å². The number of aliphatic hydroxyl groups is 1. The summed E-state index contributed by atoms with van der Waals surface area (Å²) in [5.74, 6) is 0.0197. The highest BCUT2D eigenvalue weighted by molar-refractivity contribution is 7.87. The van der Waals surface area contributed by atoms with Crippen molar-refractivity contribution in [1.82, 2.24) is 0 Å². The molecule has 21 heavy (non-hydrogen) atoms. The first-order valence-corrected chi connectivity index (χ1v) is 7.73. The van der Waals surface area contributed by atoms with Crippen LogP contribution in [0.2, 0.25) is 5.02 Å². The second-order valence-corrected chi connectivity index (χ2v) is 6.07. The molecular formula is C14H13ClO5S. The zero-order valence-electron chi connectivity index (χ0n) is 11.1. The lowest BCUT2D eigenvalue weighted by atomic mass is 10.2. The molecule has 0 saturated heterocycles. The zero-order chi connectivity index (χ0) is 15.5. The molecule has 0 unspecified atom stereocenters. The fraction of sp³-hybridized carbons (Fsp3) is 0.143. The molecule has 0 aliphatic carbocycles. The van der Waals surface area contributed by atoms with E-state index in [9.17, 15) is 8.42 Å². The Morgan fingerprint density at radius 1 is 1.19 bits per heavy atom. The van der Waals surface area contributed by atoms with Crippen LogP contribution >= 0.6 is 11.6 Å². The third-order valence-corrected chi connectivity index (χ3v) is 4.21. The van der Waals surface area contributed by atoms with Gasteiger partial charge in [0, 0.05) is 0 Å². The highest BCUT2D eigenvalue weighted by atomic mass is 35.5. The van der Waals surface area contributed by atoms with Gasteiger partial charge in [-0.1, -0.05) is 29.8 Å². The van der Waals surface area contributed by atoms with Crippen molar-refractivity contribution < 1.29 is 22.4 Å². The van der Waals surface area contributed by atoms with E-state index in [4.69, 9.17) is 25.6 Å². The molecule has 0 aliphatic rings. The number of benzene rings is 2. The summed E-state index contributed by atoms with van der Waals surface area (Å²) in [4.78, 5) is 0.00866. The number of ether oxygens (including phenoxy) is 1. The molecule has 0 radical (unpaired) electrons. The van der Waals surface area contributed by atoms with Crippen molar-refractivity contribution in [2.45, 2.75) is 11.5 Å². The Kier molecular flexibility index (Phi) is 4.72. The first-order valence-electron chi connectivity index (χ1n) is 5.94. The van der Waals surface area contributed by atoms with Crippen LogP contribution in [0.15, 0.2) is 47.4 Å². The molecule has 7 heteroatoms. The SMILES string of the molecule is COc1cc(CO)cc(Cl)c1OS(=O)(=O)c1ccccc1. The predicted molar refractivity (Wildman–Crippen MR) is 78.2 cm³/mol. The van der Waals surface area contributed by atoms with E-state index in [2.05, 4.69) is 0 Å². The lowest BCUT2D eigenvalue weighted by molar-refractivity contribution is 0.280. The molecule has 5 nitrogen and oxygen atoms in total. The Balaban J connectivity index is 2.44. The van der Waals surface area contributed by atoms with Crippen molar-refractivity contribution in [2.75, 3.05) is 7.11 Å². The summed E-state index contributed by atoms with van der Waals surface area (Å²) >= 11 is 6.01. The molecule has 2 aromatic carbocycles. The van der Waals surface area contributed by atoms with Gasteiger partial charge in [0.25, 0.3) is 0 Å². The second-order valence-electron chi connectivity index (χ2n) is 4.12. The maximum absolute atomic E-state index is 12.2. The minimum atomic E-state index is -4.01. The van der Waals surface area contributed by atoms with Crippen molar-refractivity contribution in [3.63, 3.8) is 0 Å². The minimum Gasteiger partial charge on any atom is -0.493 e. The lowest BCUT2D eigenvalue weighted by Crippen LogP contribution is -2.11. The topological polar surface area (TPSA) is 72.8 Å². The Morgan fingerprint density at radius 3 is 2.43 bits per heavy atom. The Bertz CT molecular complexity index is 729. The van der Waals surface area contributed by atoms with Gasteiger partial charge in [-0.05, 0) is 29.8 Å². The van der Waals surface area contributed by atoms with Gasteiger partial charge in [0.05, 0.1) is 18.7 Å². The first-order chi connectivity index (χ1) is 9.97. The van der Waals surface area contributed by atoms with E-state index >= 15 is 0 Å². The van der Waals surface area contributed by atoms with Crippen LogP contribution in [0.5, 0.6) is 11.5 Å². The predicted octanol–water partition coefficient (Wildman–Crippen LogP) is 2.61. The third kappa shape index (κ3) is 3.47. The molecule has 112 valence electrons. The highest BCUT2D eigenvalue weighted by Gasteiger charge is 2.21. The fourth-order valence-electron chi connectivity index (χ4n) is 1.69. The van der Waals surface area contributed by atoms with Crippen LogP contribution in [-0.2, 0) is 16.7 Å². The van der Waals surface area contributed by atoms with Crippen molar-refractivity contribution in [3.05, 3.63) is 53.1 Å². The van der Waals surface area contributed by atoms with Crippen LogP contribution in [0.1, 0.15) is 5.56 Å². The summed E-state index contributed by atoms with van der Waals surface area (Å²) in [7, 11) is -2.66. The maximum Gasteiger partial charge on any atom is 0.339 e.